The average Bonchev–Trinajstić information content (AvgIpc) is 3.30. The van der Waals surface area contributed by atoms with E-state index in [1.807, 2.05) is 65.7 Å². The lowest BCUT2D eigenvalue weighted by atomic mass is 9.88. The van der Waals surface area contributed by atoms with E-state index in [1.54, 1.807) is 12.4 Å². The fourth-order valence-corrected chi connectivity index (χ4v) is 5.49. The van der Waals surface area contributed by atoms with Gasteiger partial charge < -0.3 is 4.90 Å². The van der Waals surface area contributed by atoms with Gasteiger partial charge in [-0.2, -0.15) is 0 Å². The van der Waals surface area contributed by atoms with Crippen molar-refractivity contribution in [3.8, 4) is 22.5 Å². The number of aromatic nitrogens is 3. The van der Waals surface area contributed by atoms with Gasteiger partial charge in [0.15, 0.2) is 11.6 Å². The highest BCUT2D eigenvalue weighted by Crippen LogP contribution is 2.38. The fourth-order valence-electron chi connectivity index (χ4n) is 5.49. The number of nitrogens with zero attached hydrogens (tertiary/aromatic N) is 4. The Bertz CT molecular complexity index is 1420. The highest BCUT2D eigenvalue weighted by Gasteiger charge is 2.38. The molecule has 0 spiro atoms. The van der Waals surface area contributed by atoms with Gasteiger partial charge in [-0.15, -0.1) is 0 Å². The summed E-state index contributed by atoms with van der Waals surface area (Å²) in [6.07, 6.45) is 7.48. The molecule has 0 N–H and O–H groups in total. The van der Waals surface area contributed by atoms with Crippen molar-refractivity contribution in [2.24, 2.45) is 0 Å². The number of rotatable bonds is 4. The van der Waals surface area contributed by atoms with Crippen molar-refractivity contribution in [3.05, 3.63) is 102 Å². The van der Waals surface area contributed by atoms with Gasteiger partial charge in [0.05, 0.1) is 11.6 Å². The molecule has 3 heterocycles. The number of pyridine rings is 1. The summed E-state index contributed by atoms with van der Waals surface area (Å²) in [6, 6.07) is 21.5. The quantitative estimate of drug-likeness (QED) is 0.402. The molecule has 36 heavy (non-hydrogen) atoms. The summed E-state index contributed by atoms with van der Waals surface area (Å²) < 4.78 is 0. The molecule has 0 bridgehead atoms. The van der Waals surface area contributed by atoms with E-state index in [-0.39, 0.29) is 29.9 Å². The second kappa shape index (κ2) is 9.46. The molecular weight excluding hydrogens is 448 g/mol. The first-order valence-corrected chi connectivity index (χ1v) is 12.4. The zero-order chi connectivity index (χ0) is 24.5. The Kier molecular flexibility index (Phi) is 5.85. The predicted molar refractivity (Wildman–Crippen MR) is 137 cm³/mol. The number of amides is 1. The van der Waals surface area contributed by atoms with Crippen LogP contribution in [-0.2, 0) is 4.79 Å². The maximum atomic E-state index is 13.7. The minimum Gasteiger partial charge on any atom is -0.341 e. The van der Waals surface area contributed by atoms with Gasteiger partial charge in [0.25, 0.3) is 0 Å². The number of hydrogen-bond acceptors (Lipinski definition) is 5. The second-order valence-electron chi connectivity index (χ2n) is 9.48. The number of benzene rings is 2. The Hall–Kier alpha value is -4.19. The van der Waals surface area contributed by atoms with Gasteiger partial charge in [0.1, 0.15) is 0 Å². The summed E-state index contributed by atoms with van der Waals surface area (Å²) in [4.78, 5) is 42.0. The molecule has 0 radical (unpaired) electrons. The van der Waals surface area contributed by atoms with E-state index in [9.17, 15) is 9.59 Å². The zero-order valence-electron chi connectivity index (χ0n) is 19.9. The number of carbonyl (C=O) groups excluding carboxylic acids is 2. The molecule has 2 aliphatic rings. The first-order chi connectivity index (χ1) is 17.7. The molecular formula is C30H26N4O2. The van der Waals surface area contributed by atoms with E-state index >= 15 is 0 Å². The Balaban J connectivity index is 1.34. The molecule has 4 aromatic rings. The van der Waals surface area contributed by atoms with Crippen LogP contribution in [0.1, 0.15) is 52.7 Å². The summed E-state index contributed by atoms with van der Waals surface area (Å²) in [6.45, 7) is 1.28. The van der Waals surface area contributed by atoms with E-state index < -0.39 is 0 Å². The SMILES string of the molecule is O=C1C[C@@H](C(=O)N2CCC[C@H](c3nc(-c4ccncc4)ncc3-c3ccccc3)C2)c2ccccc21. The van der Waals surface area contributed by atoms with Crippen LogP contribution in [-0.4, -0.2) is 44.6 Å². The molecule has 178 valence electrons. The Labute approximate surface area is 210 Å². The highest BCUT2D eigenvalue weighted by molar-refractivity contribution is 6.06. The van der Waals surface area contributed by atoms with Crippen LogP contribution in [0.4, 0.5) is 0 Å². The monoisotopic (exact) mass is 474 g/mol. The van der Waals surface area contributed by atoms with Gasteiger partial charge in [-0.05, 0) is 36.1 Å². The molecule has 6 rings (SSSR count). The minimum absolute atomic E-state index is 0.0441. The van der Waals surface area contributed by atoms with Crippen molar-refractivity contribution in [2.75, 3.05) is 13.1 Å². The third-order valence-corrected chi connectivity index (χ3v) is 7.29. The zero-order valence-corrected chi connectivity index (χ0v) is 19.9. The number of ketones is 1. The molecule has 0 saturated carbocycles. The summed E-state index contributed by atoms with van der Waals surface area (Å²) in [7, 11) is 0. The topological polar surface area (TPSA) is 76.1 Å². The van der Waals surface area contributed by atoms with Crippen LogP contribution in [0.5, 0.6) is 0 Å². The predicted octanol–water partition coefficient (Wildman–Crippen LogP) is 5.28. The van der Waals surface area contributed by atoms with Crippen molar-refractivity contribution in [1.29, 1.82) is 0 Å². The lowest BCUT2D eigenvalue weighted by Gasteiger charge is -2.35. The Morgan fingerprint density at radius 3 is 2.50 bits per heavy atom. The van der Waals surface area contributed by atoms with Crippen molar-refractivity contribution in [3.63, 3.8) is 0 Å². The van der Waals surface area contributed by atoms with Gasteiger partial charge in [-0.3, -0.25) is 14.6 Å². The maximum absolute atomic E-state index is 13.7. The van der Waals surface area contributed by atoms with Crippen LogP contribution < -0.4 is 0 Å². The highest BCUT2D eigenvalue weighted by atomic mass is 16.2. The van der Waals surface area contributed by atoms with E-state index in [4.69, 9.17) is 4.98 Å². The number of piperidine rings is 1. The molecule has 1 amide bonds. The molecule has 1 saturated heterocycles. The van der Waals surface area contributed by atoms with Crippen LogP contribution in [0, 0.1) is 0 Å². The van der Waals surface area contributed by atoms with E-state index in [0.29, 0.717) is 24.5 Å². The number of carbonyl (C=O) groups is 2. The first-order valence-electron chi connectivity index (χ1n) is 12.4. The summed E-state index contributed by atoms with van der Waals surface area (Å²) in [5.41, 5.74) is 5.48. The molecule has 1 fully saturated rings. The van der Waals surface area contributed by atoms with Gasteiger partial charge in [-0.25, -0.2) is 9.97 Å². The van der Waals surface area contributed by atoms with Crippen LogP contribution >= 0.6 is 0 Å². The van der Waals surface area contributed by atoms with E-state index in [2.05, 4.69) is 22.1 Å². The van der Waals surface area contributed by atoms with Gasteiger partial charge in [-0.1, -0.05) is 54.6 Å². The molecule has 6 heteroatoms. The number of fused-ring (bicyclic) bond motifs is 1. The number of likely N-dealkylation sites (tertiary alicyclic amines) is 1. The third kappa shape index (κ3) is 4.09. The Morgan fingerprint density at radius 2 is 1.67 bits per heavy atom. The molecule has 2 aromatic heterocycles. The van der Waals surface area contributed by atoms with Gasteiger partial charge in [0, 0.05) is 60.7 Å². The van der Waals surface area contributed by atoms with Crippen molar-refractivity contribution in [2.45, 2.75) is 31.1 Å². The number of hydrogen-bond donors (Lipinski definition) is 0. The largest absolute Gasteiger partial charge is 0.341 e. The van der Waals surface area contributed by atoms with Crippen LogP contribution in [0.3, 0.4) is 0 Å². The molecule has 1 aliphatic heterocycles. The van der Waals surface area contributed by atoms with E-state index in [1.165, 1.54) is 0 Å². The van der Waals surface area contributed by atoms with Crippen molar-refractivity contribution in [1.82, 2.24) is 19.9 Å². The smallest absolute Gasteiger partial charge is 0.230 e. The van der Waals surface area contributed by atoms with Crippen molar-refractivity contribution < 1.29 is 9.59 Å². The molecule has 2 aromatic carbocycles. The van der Waals surface area contributed by atoms with E-state index in [0.717, 1.165) is 40.8 Å². The van der Waals surface area contributed by atoms with Crippen LogP contribution in [0.2, 0.25) is 0 Å². The van der Waals surface area contributed by atoms with Crippen LogP contribution in [0.15, 0.2) is 85.3 Å². The average molecular weight is 475 g/mol. The maximum Gasteiger partial charge on any atom is 0.230 e. The first kappa shape index (κ1) is 22.3. The molecule has 0 unspecified atom stereocenters. The van der Waals surface area contributed by atoms with Crippen molar-refractivity contribution >= 4 is 11.7 Å². The second-order valence-corrected chi connectivity index (χ2v) is 9.48. The lowest BCUT2D eigenvalue weighted by molar-refractivity contribution is -0.133. The van der Waals surface area contributed by atoms with Gasteiger partial charge in [0.2, 0.25) is 5.91 Å². The minimum atomic E-state index is -0.390. The molecule has 2 atom stereocenters. The molecule has 1 aliphatic carbocycles. The standard InChI is InChI=1S/C30H26N4O2/c35-27-17-25(23-10-4-5-11-24(23)27)30(36)34-16-6-9-22(19-34)28-26(20-7-2-1-3-8-20)18-32-29(33-28)21-12-14-31-15-13-21/h1-5,7-8,10-15,18,22,25H,6,9,16-17,19H2/t22-,25+/m0/s1. The Morgan fingerprint density at radius 1 is 0.889 bits per heavy atom. The summed E-state index contributed by atoms with van der Waals surface area (Å²) >= 11 is 0. The van der Waals surface area contributed by atoms with Gasteiger partial charge >= 0.3 is 0 Å². The lowest BCUT2D eigenvalue weighted by Crippen LogP contribution is -2.41. The fraction of sp³-hybridized carbons (Fsp3) is 0.233. The molecule has 6 nitrogen and oxygen atoms in total. The third-order valence-electron chi connectivity index (χ3n) is 7.29. The normalized spacial score (nSPS) is 19.2. The van der Waals surface area contributed by atoms with Crippen LogP contribution in [0.25, 0.3) is 22.5 Å². The summed E-state index contributed by atoms with van der Waals surface area (Å²) in [5.74, 6) is 0.447. The summed E-state index contributed by atoms with van der Waals surface area (Å²) in [5, 5.41) is 0. The number of Topliss-reactive ketones (excluding diaryl/α,β-unsaturated/α-hetero) is 1.